The van der Waals surface area contributed by atoms with Gasteiger partial charge < -0.3 is 20.0 Å². The van der Waals surface area contributed by atoms with Crippen LogP contribution in [0.15, 0.2) is 54.9 Å². The van der Waals surface area contributed by atoms with E-state index in [1.54, 1.807) is 4.90 Å². The van der Waals surface area contributed by atoms with Gasteiger partial charge in [-0.15, -0.1) is 0 Å². The summed E-state index contributed by atoms with van der Waals surface area (Å²) in [5, 5.41) is 3.32. The van der Waals surface area contributed by atoms with Crippen molar-refractivity contribution in [1.29, 1.82) is 0 Å². The lowest BCUT2D eigenvalue weighted by Gasteiger charge is -2.44. The zero-order valence-corrected chi connectivity index (χ0v) is 24.3. The number of alkyl halides is 3. The van der Waals surface area contributed by atoms with Gasteiger partial charge in [-0.3, -0.25) is 9.59 Å². The van der Waals surface area contributed by atoms with Crippen LogP contribution in [0.1, 0.15) is 52.0 Å². The van der Waals surface area contributed by atoms with Crippen molar-refractivity contribution in [3.63, 3.8) is 0 Å². The molecular formula is C31H37F3N6O2. The van der Waals surface area contributed by atoms with Crippen LogP contribution < -0.4 is 10.2 Å². The number of nitrogens with one attached hydrogen (secondary N) is 1. The Kier molecular flexibility index (Phi) is 8.41. The van der Waals surface area contributed by atoms with Crippen LogP contribution in [0.25, 0.3) is 10.9 Å². The smallest absolute Gasteiger partial charge is 0.351 e. The second-order valence-electron chi connectivity index (χ2n) is 11.6. The Morgan fingerprint density at radius 2 is 1.81 bits per heavy atom. The molecule has 4 atom stereocenters. The van der Waals surface area contributed by atoms with Gasteiger partial charge in [0.15, 0.2) is 0 Å². The van der Waals surface area contributed by atoms with Crippen LogP contribution in [0.5, 0.6) is 0 Å². The van der Waals surface area contributed by atoms with E-state index in [0.29, 0.717) is 30.2 Å². The van der Waals surface area contributed by atoms with E-state index < -0.39 is 17.8 Å². The first kappa shape index (κ1) is 29.8. The first-order chi connectivity index (χ1) is 20.0. The van der Waals surface area contributed by atoms with E-state index in [1.807, 2.05) is 35.2 Å². The highest BCUT2D eigenvalue weighted by atomic mass is 19.4. The van der Waals surface area contributed by atoms with Crippen molar-refractivity contribution in [3.8, 4) is 0 Å². The highest BCUT2D eigenvalue weighted by Crippen LogP contribution is 2.39. The lowest BCUT2D eigenvalue weighted by Crippen LogP contribution is -2.58. The van der Waals surface area contributed by atoms with Crippen LogP contribution in [0, 0.1) is 0 Å². The van der Waals surface area contributed by atoms with Crippen LogP contribution >= 0.6 is 0 Å². The number of benzene rings is 2. The Morgan fingerprint density at radius 1 is 1.07 bits per heavy atom. The number of nitrogens with zero attached hydrogens (tertiary/aromatic N) is 5. The van der Waals surface area contributed by atoms with Gasteiger partial charge in [0.2, 0.25) is 11.8 Å². The summed E-state index contributed by atoms with van der Waals surface area (Å²) in [5.74, 6) is -0.0216. The van der Waals surface area contributed by atoms with Crippen LogP contribution in [0.2, 0.25) is 0 Å². The molecule has 1 saturated carbocycles. The van der Waals surface area contributed by atoms with Crippen LogP contribution in [-0.2, 0) is 15.8 Å². The molecule has 11 heteroatoms. The summed E-state index contributed by atoms with van der Waals surface area (Å²) in [6.07, 6.45) is -0.411. The molecule has 2 aliphatic rings. The van der Waals surface area contributed by atoms with Crippen molar-refractivity contribution in [2.75, 3.05) is 18.5 Å². The number of carbonyl (C=O) groups is 2. The average molecular weight is 583 g/mol. The van der Waals surface area contributed by atoms with Gasteiger partial charge >= 0.3 is 6.18 Å². The Balaban J connectivity index is 1.51. The first-order valence-electron chi connectivity index (χ1n) is 14.4. The van der Waals surface area contributed by atoms with Gasteiger partial charge in [0, 0.05) is 36.6 Å². The molecule has 3 aromatic rings. The average Bonchev–Trinajstić information content (AvgIpc) is 3.32. The number of fused-ring (bicyclic) bond motifs is 1. The molecule has 1 N–H and O–H groups in total. The molecule has 0 spiro atoms. The zero-order valence-electron chi connectivity index (χ0n) is 24.3. The van der Waals surface area contributed by atoms with E-state index in [9.17, 15) is 22.8 Å². The molecule has 2 heterocycles. The van der Waals surface area contributed by atoms with E-state index in [2.05, 4.69) is 41.1 Å². The van der Waals surface area contributed by atoms with Crippen molar-refractivity contribution in [2.24, 2.45) is 0 Å². The summed E-state index contributed by atoms with van der Waals surface area (Å²) in [5.41, 5.74) is 0.199. The van der Waals surface area contributed by atoms with Gasteiger partial charge in [-0.25, -0.2) is 9.97 Å². The number of hydrogen-bond donors (Lipinski definition) is 1. The van der Waals surface area contributed by atoms with Crippen LogP contribution in [0.4, 0.5) is 24.7 Å². The fourth-order valence-corrected chi connectivity index (χ4v) is 6.42. The Hall–Kier alpha value is -3.73. The lowest BCUT2D eigenvalue weighted by atomic mass is 9.84. The highest BCUT2D eigenvalue weighted by molar-refractivity contribution is 5.97. The SMILES string of the molecule is CC(=O)N[C@@H]1C[C@H](N(C)C(C)C)CC[C@@H]1N1CC[C@H](N(c2ccccc2)c2ncnc3ccc(C(F)(F)F)cc23)C1=O. The topological polar surface area (TPSA) is 81.7 Å². The van der Waals surface area contributed by atoms with Gasteiger partial charge in [-0.1, -0.05) is 18.2 Å². The minimum absolute atomic E-state index is 0.131. The number of likely N-dealkylation sites (tertiary alicyclic amines) is 1. The quantitative estimate of drug-likeness (QED) is 0.415. The molecule has 0 bridgehead atoms. The zero-order chi connectivity index (χ0) is 30.2. The van der Waals surface area contributed by atoms with Crippen molar-refractivity contribution >= 4 is 34.2 Å². The standard InChI is InChI=1S/C31H37F3N6O2/c1-19(2)38(4)23-11-13-27(26(17-23)37-20(3)41)39-15-14-28(30(39)42)40(22-8-6-5-7-9-22)29-24-16-21(31(32,33)34)10-12-25(24)35-18-36-29/h5-10,12,16,18-19,23,26-28H,11,13-15,17H2,1-4H3,(H,37,41)/t23-,26-,27+,28+/m1/s1. The molecule has 2 amide bonds. The van der Waals surface area contributed by atoms with Crippen molar-refractivity contribution in [1.82, 2.24) is 25.1 Å². The third-order valence-electron chi connectivity index (χ3n) is 8.69. The summed E-state index contributed by atoms with van der Waals surface area (Å²) < 4.78 is 41.1. The second kappa shape index (κ2) is 11.9. The maximum Gasteiger partial charge on any atom is 0.416 e. The number of hydrogen-bond acceptors (Lipinski definition) is 6. The number of para-hydroxylation sites is 1. The van der Waals surface area contributed by atoms with Crippen molar-refractivity contribution in [3.05, 3.63) is 60.4 Å². The predicted octanol–water partition coefficient (Wildman–Crippen LogP) is 5.15. The minimum atomic E-state index is -4.54. The predicted molar refractivity (Wildman–Crippen MR) is 155 cm³/mol. The second-order valence-corrected chi connectivity index (χ2v) is 11.6. The fraction of sp³-hybridized carbons (Fsp3) is 0.484. The molecule has 42 heavy (non-hydrogen) atoms. The summed E-state index contributed by atoms with van der Waals surface area (Å²) in [6, 6.07) is 12.1. The molecule has 2 fully saturated rings. The summed E-state index contributed by atoms with van der Waals surface area (Å²) >= 11 is 0. The monoisotopic (exact) mass is 582 g/mol. The third kappa shape index (κ3) is 5.92. The van der Waals surface area contributed by atoms with E-state index >= 15 is 0 Å². The molecule has 1 aromatic heterocycles. The Labute approximate surface area is 243 Å². The normalized spacial score (nSPS) is 23.2. The maximum atomic E-state index is 14.2. The number of aromatic nitrogens is 2. The molecule has 1 aliphatic heterocycles. The van der Waals surface area contributed by atoms with Gasteiger partial charge in [0.1, 0.15) is 18.2 Å². The minimum Gasteiger partial charge on any atom is -0.351 e. The number of carbonyl (C=O) groups excluding carboxylic acids is 2. The van der Waals surface area contributed by atoms with E-state index in [1.165, 1.54) is 19.3 Å². The fourth-order valence-electron chi connectivity index (χ4n) is 6.42. The molecule has 8 nitrogen and oxygen atoms in total. The van der Waals surface area contributed by atoms with E-state index in [4.69, 9.17) is 0 Å². The summed E-state index contributed by atoms with van der Waals surface area (Å²) in [7, 11) is 2.09. The van der Waals surface area contributed by atoms with Gasteiger partial charge in [-0.05, 0) is 76.9 Å². The van der Waals surface area contributed by atoms with Crippen molar-refractivity contribution < 1.29 is 22.8 Å². The van der Waals surface area contributed by atoms with Crippen LogP contribution in [0.3, 0.4) is 0 Å². The Morgan fingerprint density at radius 3 is 2.48 bits per heavy atom. The summed E-state index contributed by atoms with van der Waals surface area (Å²) in [4.78, 5) is 41.0. The van der Waals surface area contributed by atoms with Gasteiger partial charge in [0.05, 0.1) is 23.2 Å². The third-order valence-corrected chi connectivity index (χ3v) is 8.69. The number of rotatable bonds is 7. The van der Waals surface area contributed by atoms with E-state index in [-0.39, 0.29) is 41.1 Å². The van der Waals surface area contributed by atoms with Gasteiger partial charge in [-0.2, -0.15) is 13.2 Å². The van der Waals surface area contributed by atoms with Crippen molar-refractivity contribution in [2.45, 2.75) is 82.8 Å². The van der Waals surface area contributed by atoms with Crippen LogP contribution in [-0.4, -0.2) is 75.4 Å². The number of anilines is 2. The highest BCUT2D eigenvalue weighted by Gasteiger charge is 2.45. The van der Waals surface area contributed by atoms with Gasteiger partial charge in [0.25, 0.3) is 0 Å². The molecule has 1 aliphatic carbocycles. The largest absolute Gasteiger partial charge is 0.416 e. The Bertz CT molecular complexity index is 1430. The lowest BCUT2D eigenvalue weighted by molar-refractivity contribution is -0.137. The molecule has 224 valence electrons. The molecular weight excluding hydrogens is 545 g/mol. The first-order valence-corrected chi connectivity index (χ1v) is 14.4. The molecule has 1 saturated heterocycles. The van der Waals surface area contributed by atoms with E-state index in [0.717, 1.165) is 31.4 Å². The molecule has 0 radical (unpaired) electrons. The number of amides is 2. The number of halogens is 3. The summed E-state index contributed by atoms with van der Waals surface area (Å²) in [6.45, 7) is 6.24. The maximum absolute atomic E-state index is 14.2. The molecule has 0 unspecified atom stereocenters. The molecule has 5 rings (SSSR count). The molecule has 2 aromatic carbocycles.